The maximum atomic E-state index is 3.88. The minimum atomic E-state index is 0.531. The van der Waals surface area contributed by atoms with Gasteiger partial charge < -0.3 is 5.32 Å². The van der Waals surface area contributed by atoms with Gasteiger partial charge in [-0.3, -0.25) is 0 Å². The van der Waals surface area contributed by atoms with Crippen LogP contribution in [0.3, 0.4) is 0 Å². The number of hydrogen-bond acceptors (Lipinski definition) is 4. The lowest BCUT2D eigenvalue weighted by Crippen LogP contribution is -2.21. The van der Waals surface area contributed by atoms with Crippen LogP contribution in [0.1, 0.15) is 40.0 Å². The molecule has 1 aromatic carbocycles. The molecule has 108 valence electrons. The highest BCUT2D eigenvalue weighted by molar-refractivity contribution is 5.48. The Hall–Kier alpha value is -1.91. The van der Waals surface area contributed by atoms with Gasteiger partial charge in [-0.05, 0) is 53.5 Å². The van der Waals surface area contributed by atoms with E-state index in [1.807, 2.05) is 12.1 Å². The van der Waals surface area contributed by atoms with Gasteiger partial charge in [0.2, 0.25) is 0 Å². The van der Waals surface area contributed by atoms with Crippen LogP contribution in [0.25, 0.3) is 5.69 Å². The largest absolute Gasteiger partial charge is 0.382 e. The minimum Gasteiger partial charge on any atom is -0.382 e. The van der Waals surface area contributed by atoms with Gasteiger partial charge in [0.15, 0.2) is 0 Å². The summed E-state index contributed by atoms with van der Waals surface area (Å²) in [7, 11) is 0. The van der Waals surface area contributed by atoms with Gasteiger partial charge in [-0.25, -0.2) is 4.68 Å². The Kier molecular flexibility index (Phi) is 5.09. The lowest BCUT2D eigenvalue weighted by Gasteiger charge is -2.21. The van der Waals surface area contributed by atoms with Crippen molar-refractivity contribution < 1.29 is 0 Å². The summed E-state index contributed by atoms with van der Waals surface area (Å²) >= 11 is 0. The monoisotopic (exact) mass is 273 g/mol. The second-order valence-electron chi connectivity index (χ2n) is 5.30. The third kappa shape index (κ3) is 3.79. The molecule has 1 aromatic heterocycles. The van der Waals surface area contributed by atoms with Gasteiger partial charge in [0, 0.05) is 11.7 Å². The molecule has 1 N–H and O–H groups in total. The number of aromatic nitrogens is 4. The summed E-state index contributed by atoms with van der Waals surface area (Å²) in [4.78, 5) is 0. The van der Waals surface area contributed by atoms with Crippen molar-refractivity contribution in [1.82, 2.24) is 20.2 Å². The SMILES string of the molecule is CCC(C)CC(CC)Nc1ccc(-n2cnnn2)cc1. The van der Waals surface area contributed by atoms with Crippen molar-refractivity contribution in [3.05, 3.63) is 30.6 Å². The molecule has 0 amide bonds. The van der Waals surface area contributed by atoms with E-state index in [4.69, 9.17) is 0 Å². The van der Waals surface area contributed by atoms with Gasteiger partial charge in [0.25, 0.3) is 0 Å². The highest BCUT2D eigenvalue weighted by Gasteiger charge is 2.10. The minimum absolute atomic E-state index is 0.531. The third-order valence-corrected chi connectivity index (χ3v) is 3.73. The average Bonchev–Trinajstić information content (AvgIpc) is 3.01. The summed E-state index contributed by atoms with van der Waals surface area (Å²) in [5.74, 6) is 0.757. The molecule has 0 saturated carbocycles. The molecule has 2 rings (SSSR count). The predicted octanol–water partition coefficient (Wildman–Crippen LogP) is 3.29. The standard InChI is InChI=1S/C15H23N5/c1-4-12(3)10-13(5-2)17-14-6-8-15(9-7-14)20-11-16-18-19-20/h6-9,11-13,17H,4-5,10H2,1-3H3. The van der Waals surface area contributed by atoms with Gasteiger partial charge in [-0.15, -0.1) is 5.10 Å². The quantitative estimate of drug-likeness (QED) is 0.841. The molecular weight excluding hydrogens is 250 g/mol. The fourth-order valence-corrected chi connectivity index (χ4v) is 2.21. The molecule has 2 aromatic rings. The Morgan fingerprint density at radius 2 is 1.90 bits per heavy atom. The first-order valence-corrected chi connectivity index (χ1v) is 7.32. The van der Waals surface area contributed by atoms with Crippen LogP contribution in [0.2, 0.25) is 0 Å². The third-order valence-electron chi connectivity index (χ3n) is 3.73. The lowest BCUT2D eigenvalue weighted by molar-refractivity contribution is 0.462. The molecule has 0 spiro atoms. The second kappa shape index (κ2) is 7.03. The molecule has 20 heavy (non-hydrogen) atoms. The molecule has 0 bridgehead atoms. The van der Waals surface area contributed by atoms with Crippen LogP contribution in [0.15, 0.2) is 30.6 Å². The van der Waals surface area contributed by atoms with Gasteiger partial charge in [0.1, 0.15) is 6.33 Å². The van der Waals surface area contributed by atoms with E-state index in [1.165, 1.54) is 12.8 Å². The number of hydrogen-bond donors (Lipinski definition) is 1. The predicted molar refractivity (Wildman–Crippen MR) is 80.9 cm³/mol. The van der Waals surface area contributed by atoms with E-state index in [9.17, 15) is 0 Å². The first-order valence-electron chi connectivity index (χ1n) is 7.32. The second-order valence-corrected chi connectivity index (χ2v) is 5.30. The van der Waals surface area contributed by atoms with E-state index < -0.39 is 0 Å². The van der Waals surface area contributed by atoms with Crippen LogP contribution in [0, 0.1) is 5.92 Å². The molecule has 5 nitrogen and oxygen atoms in total. The number of rotatable bonds is 7. The van der Waals surface area contributed by atoms with Crippen LogP contribution < -0.4 is 5.32 Å². The summed E-state index contributed by atoms with van der Waals surface area (Å²) in [5.41, 5.74) is 2.12. The van der Waals surface area contributed by atoms with Crippen molar-refractivity contribution in [3.63, 3.8) is 0 Å². The molecule has 5 heteroatoms. The Morgan fingerprint density at radius 3 is 2.45 bits per heavy atom. The number of tetrazole rings is 1. The van der Waals surface area contributed by atoms with Crippen molar-refractivity contribution in [3.8, 4) is 5.69 Å². The molecule has 0 aliphatic heterocycles. The first kappa shape index (κ1) is 14.5. The molecule has 0 fully saturated rings. The highest BCUT2D eigenvalue weighted by atomic mass is 15.5. The molecule has 1 heterocycles. The van der Waals surface area contributed by atoms with Crippen molar-refractivity contribution in [1.29, 1.82) is 0 Å². The molecule has 0 saturated heterocycles. The topological polar surface area (TPSA) is 55.6 Å². The van der Waals surface area contributed by atoms with E-state index in [2.05, 4.69) is 53.7 Å². The van der Waals surface area contributed by atoms with E-state index in [1.54, 1.807) is 11.0 Å². The highest BCUT2D eigenvalue weighted by Crippen LogP contribution is 2.18. The van der Waals surface area contributed by atoms with Crippen molar-refractivity contribution in [2.45, 2.75) is 46.1 Å². The number of anilines is 1. The Balaban J connectivity index is 1.99. The van der Waals surface area contributed by atoms with Gasteiger partial charge in [-0.1, -0.05) is 27.2 Å². The number of benzene rings is 1. The molecular formula is C15H23N5. The van der Waals surface area contributed by atoms with E-state index in [0.717, 1.165) is 23.7 Å². The summed E-state index contributed by atoms with van der Waals surface area (Å²) < 4.78 is 1.65. The number of nitrogens with one attached hydrogen (secondary N) is 1. The molecule has 0 aliphatic rings. The normalized spacial score (nSPS) is 13.9. The fourth-order valence-electron chi connectivity index (χ4n) is 2.21. The van der Waals surface area contributed by atoms with Gasteiger partial charge in [0.05, 0.1) is 5.69 Å². The zero-order chi connectivity index (χ0) is 14.4. The fraction of sp³-hybridized carbons (Fsp3) is 0.533. The van der Waals surface area contributed by atoms with Gasteiger partial charge in [-0.2, -0.15) is 0 Å². The van der Waals surface area contributed by atoms with Gasteiger partial charge >= 0.3 is 0 Å². The van der Waals surface area contributed by atoms with Crippen LogP contribution in [0.5, 0.6) is 0 Å². The summed E-state index contributed by atoms with van der Waals surface area (Å²) in [6.45, 7) is 6.79. The first-order chi connectivity index (χ1) is 9.72. The Bertz CT molecular complexity index is 491. The summed E-state index contributed by atoms with van der Waals surface area (Å²) in [6, 6.07) is 8.74. The summed E-state index contributed by atoms with van der Waals surface area (Å²) in [6.07, 6.45) is 5.18. The number of nitrogens with zero attached hydrogens (tertiary/aromatic N) is 4. The van der Waals surface area contributed by atoms with Crippen LogP contribution >= 0.6 is 0 Å². The lowest BCUT2D eigenvalue weighted by atomic mass is 9.97. The van der Waals surface area contributed by atoms with E-state index in [0.29, 0.717) is 6.04 Å². The van der Waals surface area contributed by atoms with Crippen LogP contribution in [0.4, 0.5) is 5.69 Å². The van der Waals surface area contributed by atoms with Crippen molar-refractivity contribution >= 4 is 5.69 Å². The Morgan fingerprint density at radius 1 is 1.15 bits per heavy atom. The maximum absolute atomic E-state index is 3.88. The zero-order valence-electron chi connectivity index (χ0n) is 12.5. The van der Waals surface area contributed by atoms with Crippen molar-refractivity contribution in [2.24, 2.45) is 5.92 Å². The van der Waals surface area contributed by atoms with Crippen LogP contribution in [-0.2, 0) is 0 Å². The zero-order valence-corrected chi connectivity index (χ0v) is 12.5. The van der Waals surface area contributed by atoms with E-state index >= 15 is 0 Å². The van der Waals surface area contributed by atoms with Crippen LogP contribution in [-0.4, -0.2) is 26.2 Å². The Labute approximate surface area is 120 Å². The molecule has 0 aliphatic carbocycles. The van der Waals surface area contributed by atoms with Crippen molar-refractivity contribution in [2.75, 3.05) is 5.32 Å². The average molecular weight is 273 g/mol. The maximum Gasteiger partial charge on any atom is 0.143 e. The molecule has 2 unspecified atom stereocenters. The smallest absolute Gasteiger partial charge is 0.143 e. The summed E-state index contributed by atoms with van der Waals surface area (Å²) in [5, 5.41) is 14.8. The molecule has 0 radical (unpaired) electrons. The van der Waals surface area contributed by atoms with E-state index in [-0.39, 0.29) is 0 Å². The molecule has 2 atom stereocenters.